The fraction of sp³-hybridized carbons (Fsp3) is 0.588. The van der Waals surface area contributed by atoms with Gasteiger partial charge in [0, 0.05) is 24.7 Å². The Hall–Kier alpha value is -1.66. The highest BCUT2D eigenvalue weighted by Gasteiger charge is 2.30. The zero-order chi connectivity index (χ0) is 16.4. The molecular weight excluding hydrogens is 330 g/mol. The molecule has 0 spiro atoms. The number of benzene rings is 1. The number of likely N-dealkylation sites (tertiary alicyclic amines) is 1. The first kappa shape index (κ1) is 18.7. The number of amides is 1. The molecule has 1 aromatic rings. The summed E-state index contributed by atoms with van der Waals surface area (Å²) >= 11 is 0. The van der Waals surface area contributed by atoms with Crippen LogP contribution in [-0.2, 0) is 0 Å². The Labute approximate surface area is 148 Å². The third-order valence-corrected chi connectivity index (χ3v) is 4.83. The summed E-state index contributed by atoms with van der Waals surface area (Å²) < 4.78 is 0. The van der Waals surface area contributed by atoms with E-state index in [-0.39, 0.29) is 29.6 Å². The van der Waals surface area contributed by atoms with Crippen molar-refractivity contribution in [1.82, 2.24) is 10.2 Å². The maximum absolute atomic E-state index is 12.7. The van der Waals surface area contributed by atoms with Crippen LogP contribution in [0.3, 0.4) is 0 Å². The molecule has 2 aliphatic rings. The molecule has 1 amide bonds. The van der Waals surface area contributed by atoms with Gasteiger partial charge in [-0.05, 0) is 51.1 Å². The van der Waals surface area contributed by atoms with Gasteiger partial charge in [-0.3, -0.25) is 14.9 Å². The van der Waals surface area contributed by atoms with E-state index in [0.717, 1.165) is 25.3 Å². The maximum atomic E-state index is 12.7. The standard InChI is InChI=1S/C17H23N3O3.ClH/c1-12-3-2-4-15(16(12)20(22)23)17(21)19-9-7-14(8-10-19)18-11-13-5-6-13;/h2-4,13-14,18H,5-11H2,1H3;1H. The van der Waals surface area contributed by atoms with Crippen molar-refractivity contribution in [1.29, 1.82) is 0 Å². The van der Waals surface area contributed by atoms with Crippen molar-refractivity contribution in [2.45, 2.75) is 38.6 Å². The summed E-state index contributed by atoms with van der Waals surface area (Å²) in [6.07, 6.45) is 4.50. The number of halogens is 1. The van der Waals surface area contributed by atoms with Crippen LogP contribution in [0.4, 0.5) is 5.69 Å². The highest BCUT2D eigenvalue weighted by molar-refractivity contribution is 5.98. The third kappa shape index (κ3) is 4.24. The first-order valence-corrected chi connectivity index (χ1v) is 8.33. The van der Waals surface area contributed by atoms with E-state index in [1.54, 1.807) is 30.0 Å². The van der Waals surface area contributed by atoms with Crippen LogP contribution in [0.5, 0.6) is 0 Å². The van der Waals surface area contributed by atoms with Crippen LogP contribution in [0, 0.1) is 23.0 Å². The maximum Gasteiger partial charge on any atom is 0.285 e. The van der Waals surface area contributed by atoms with Gasteiger partial charge in [0.15, 0.2) is 0 Å². The molecule has 7 heteroatoms. The number of nitro benzene ring substituents is 1. The summed E-state index contributed by atoms with van der Waals surface area (Å²) in [5, 5.41) is 14.8. The SMILES string of the molecule is Cc1cccc(C(=O)N2CCC(NCC3CC3)CC2)c1[N+](=O)[O-].Cl. The van der Waals surface area contributed by atoms with Crippen LogP contribution in [-0.4, -0.2) is 41.4 Å². The summed E-state index contributed by atoms with van der Waals surface area (Å²) in [5.41, 5.74) is 0.674. The van der Waals surface area contributed by atoms with E-state index in [1.807, 2.05) is 0 Å². The first-order chi connectivity index (χ1) is 11.1. The number of carbonyl (C=O) groups excluding carboxylic acids is 1. The molecule has 0 aromatic heterocycles. The van der Waals surface area contributed by atoms with Gasteiger partial charge >= 0.3 is 0 Å². The Balaban J connectivity index is 0.00000208. The van der Waals surface area contributed by atoms with Crippen molar-refractivity contribution in [2.24, 2.45) is 5.92 Å². The molecule has 1 aromatic carbocycles. The Kier molecular flexibility index (Phi) is 6.18. The van der Waals surface area contributed by atoms with E-state index >= 15 is 0 Å². The number of rotatable bonds is 5. The predicted octanol–water partition coefficient (Wildman–Crippen LogP) is 2.93. The van der Waals surface area contributed by atoms with Crippen molar-refractivity contribution in [3.63, 3.8) is 0 Å². The molecule has 1 aliphatic carbocycles. The van der Waals surface area contributed by atoms with E-state index in [4.69, 9.17) is 0 Å². The van der Waals surface area contributed by atoms with E-state index in [2.05, 4.69) is 5.32 Å². The number of hydrogen-bond acceptors (Lipinski definition) is 4. The molecule has 1 saturated carbocycles. The molecule has 1 heterocycles. The highest BCUT2D eigenvalue weighted by Crippen LogP contribution is 2.28. The lowest BCUT2D eigenvalue weighted by molar-refractivity contribution is -0.385. The Morgan fingerprint density at radius 1 is 1.29 bits per heavy atom. The number of piperidine rings is 1. The normalized spacial score (nSPS) is 18.1. The van der Waals surface area contributed by atoms with Crippen molar-refractivity contribution >= 4 is 24.0 Å². The molecule has 0 radical (unpaired) electrons. The number of nitro groups is 1. The smallest absolute Gasteiger partial charge is 0.285 e. The zero-order valence-corrected chi connectivity index (χ0v) is 14.7. The molecule has 1 aliphatic heterocycles. The quantitative estimate of drug-likeness (QED) is 0.652. The van der Waals surface area contributed by atoms with E-state index in [0.29, 0.717) is 24.7 Å². The lowest BCUT2D eigenvalue weighted by Crippen LogP contribution is -2.45. The van der Waals surface area contributed by atoms with Crippen molar-refractivity contribution < 1.29 is 9.72 Å². The number of nitrogens with one attached hydrogen (secondary N) is 1. The molecule has 0 bridgehead atoms. The van der Waals surface area contributed by atoms with Crippen LogP contribution in [0.15, 0.2) is 18.2 Å². The Morgan fingerprint density at radius 2 is 1.96 bits per heavy atom. The van der Waals surface area contributed by atoms with Gasteiger partial charge in [-0.2, -0.15) is 0 Å². The summed E-state index contributed by atoms with van der Waals surface area (Å²) in [6.45, 7) is 4.07. The van der Waals surface area contributed by atoms with E-state index in [9.17, 15) is 14.9 Å². The van der Waals surface area contributed by atoms with Crippen molar-refractivity contribution in [3.05, 3.63) is 39.4 Å². The predicted molar refractivity (Wildman–Crippen MR) is 94.7 cm³/mol. The van der Waals surface area contributed by atoms with Crippen LogP contribution >= 0.6 is 12.4 Å². The second-order valence-electron chi connectivity index (χ2n) is 6.65. The molecule has 24 heavy (non-hydrogen) atoms. The average Bonchev–Trinajstić information content (AvgIpc) is 3.36. The van der Waals surface area contributed by atoms with Gasteiger partial charge in [0.1, 0.15) is 5.56 Å². The first-order valence-electron chi connectivity index (χ1n) is 8.33. The molecule has 6 nitrogen and oxygen atoms in total. The second-order valence-corrected chi connectivity index (χ2v) is 6.65. The van der Waals surface area contributed by atoms with Gasteiger partial charge in [0.2, 0.25) is 0 Å². The monoisotopic (exact) mass is 353 g/mol. The summed E-state index contributed by atoms with van der Waals surface area (Å²) in [6, 6.07) is 5.40. The number of carbonyl (C=O) groups is 1. The van der Waals surface area contributed by atoms with Crippen molar-refractivity contribution in [2.75, 3.05) is 19.6 Å². The number of hydrogen-bond donors (Lipinski definition) is 1. The molecule has 3 rings (SSSR count). The van der Waals surface area contributed by atoms with Crippen LogP contribution < -0.4 is 5.32 Å². The van der Waals surface area contributed by atoms with E-state index < -0.39 is 4.92 Å². The van der Waals surface area contributed by atoms with Gasteiger partial charge in [-0.1, -0.05) is 12.1 Å². The van der Waals surface area contributed by atoms with Crippen molar-refractivity contribution in [3.8, 4) is 0 Å². The number of nitrogens with zero attached hydrogens (tertiary/aromatic N) is 2. The fourth-order valence-corrected chi connectivity index (χ4v) is 3.19. The van der Waals surface area contributed by atoms with Gasteiger partial charge in [0.25, 0.3) is 11.6 Å². The largest absolute Gasteiger partial charge is 0.338 e. The van der Waals surface area contributed by atoms with Gasteiger partial charge in [0.05, 0.1) is 4.92 Å². The number of aryl methyl sites for hydroxylation is 1. The average molecular weight is 354 g/mol. The lowest BCUT2D eigenvalue weighted by Gasteiger charge is -2.32. The van der Waals surface area contributed by atoms with Gasteiger partial charge in [-0.25, -0.2) is 0 Å². The number of para-hydroxylation sites is 1. The van der Waals surface area contributed by atoms with Crippen LogP contribution in [0.1, 0.15) is 41.6 Å². The minimum absolute atomic E-state index is 0. The molecule has 1 N–H and O–H groups in total. The highest BCUT2D eigenvalue weighted by atomic mass is 35.5. The lowest BCUT2D eigenvalue weighted by atomic mass is 10.0. The zero-order valence-electron chi connectivity index (χ0n) is 13.9. The van der Waals surface area contributed by atoms with Gasteiger partial charge < -0.3 is 10.2 Å². The fourth-order valence-electron chi connectivity index (χ4n) is 3.19. The third-order valence-electron chi connectivity index (χ3n) is 4.83. The summed E-state index contributed by atoms with van der Waals surface area (Å²) in [7, 11) is 0. The molecule has 132 valence electrons. The molecule has 2 fully saturated rings. The summed E-state index contributed by atoms with van der Waals surface area (Å²) in [5.74, 6) is 0.630. The Bertz CT molecular complexity index is 611. The molecule has 0 unspecified atom stereocenters. The van der Waals surface area contributed by atoms with Gasteiger partial charge in [-0.15, -0.1) is 12.4 Å². The van der Waals surface area contributed by atoms with Crippen LogP contribution in [0.2, 0.25) is 0 Å². The van der Waals surface area contributed by atoms with E-state index in [1.165, 1.54) is 12.8 Å². The Morgan fingerprint density at radius 3 is 2.54 bits per heavy atom. The molecule has 0 atom stereocenters. The molecular formula is C17H24ClN3O3. The topological polar surface area (TPSA) is 75.5 Å². The minimum atomic E-state index is -0.452. The summed E-state index contributed by atoms with van der Waals surface area (Å²) in [4.78, 5) is 25.2. The minimum Gasteiger partial charge on any atom is -0.338 e. The van der Waals surface area contributed by atoms with Crippen LogP contribution in [0.25, 0.3) is 0 Å². The second kappa shape index (κ2) is 7.94. The molecule has 1 saturated heterocycles.